The first-order chi connectivity index (χ1) is 11.3. The second-order valence-corrected chi connectivity index (χ2v) is 6.63. The van der Waals surface area contributed by atoms with E-state index >= 15 is 0 Å². The van der Waals surface area contributed by atoms with Crippen LogP contribution < -0.4 is 14.8 Å². The number of hydrogen-bond donors (Lipinski definition) is 1. The molecule has 2 aliphatic heterocycles. The molecule has 1 N–H and O–H groups in total. The molecular formula is C19H31ClN2O2. The fraction of sp³-hybridized carbons (Fsp3) is 0.684. The highest BCUT2D eigenvalue weighted by atomic mass is 35.5. The number of benzene rings is 1. The van der Waals surface area contributed by atoms with Gasteiger partial charge in [-0.2, -0.15) is 0 Å². The summed E-state index contributed by atoms with van der Waals surface area (Å²) in [6, 6.07) is 4.40. The van der Waals surface area contributed by atoms with Crippen molar-refractivity contribution in [1.82, 2.24) is 10.2 Å². The second kappa shape index (κ2) is 9.50. The molecule has 0 aromatic heterocycles. The zero-order chi connectivity index (χ0) is 16.1. The molecule has 0 bridgehead atoms. The highest BCUT2D eigenvalue weighted by Crippen LogP contribution is 2.34. The standard InChI is InChI=1S/C19H30N2O2.ClH/c1-3-22-18-10-16-7-9-21(13-15-6-5-8-20-12-15)14-17(16)11-19(18)23-4-2;/h10-11,15,20H,3-9,12-14H2,1-2H3;1H. The monoisotopic (exact) mass is 354 g/mol. The van der Waals surface area contributed by atoms with Crippen LogP contribution in [-0.2, 0) is 13.0 Å². The van der Waals surface area contributed by atoms with Crippen molar-refractivity contribution in [3.05, 3.63) is 23.3 Å². The summed E-state index contributed by atoms with van der Waals surface area (Å²) in [6.45, 7) is 11.2. The Morgan fingerprint density at radius 2 is 1.83 bits per heavy atom. The summed E-state index contributed by atoms with van der Waals surface area (Å²) >= 11 is 0. The zero-order valence-corrected chi connectivity index (χ0v) is 15.8. The van der Waals surface area contributed by atoms with Crippen LogP contribution in [0.15, 0.2) is 12.1 Å². The van der Waals surface area contributed by atoms with Crippen LogP contribution in [0.2, 0.25) is 0 Å². The number of hydrogen-bond acceptors (Lipinski definition) is 4. The molecule has 2 aliphatic rings. The highest BCUT2D eigenvalue weighted by molar-refractivity contribution is 5.85. The van der Waals surface area contributed by atoms with Gasteiger partial charge in [0.15, 0.2) is 11.5 Å². The summed E-state index contributed by atoms with van der Waals surface area (Å²) in [6.07, 6.45) is 3.80. The number of halogens is 1. The van der Waals surface area contributed by atoms with Crippen molar-refractivity contribution in [2.45, 2.75) is 39.7 Å². The van der Waals surface area contributed by atoms with E-state index in [4.69, 9.17) is 9.47 Å². The van der Waals surface area contributed by atoms with Gasteiger partial charge in [0.05, 0.1) is 13.2 Å². The van der Waals surface area contributed by atoms with Crippen LogP contribution in [0.4, 0.5) is 0 Å². The first-order valence-electron chi connectivity index (χ1n) is 9.14. The van der Waals surface area contributed by atoms with E-state index in [1.165, 1.54) is 43.6 Å². The average Bonchev–Trinajstić information content (AvgIpc) is 2.57. The van der Waals surface area contributed by atoms with Crippen LogP contribution in [0.25, 0.3) is 0 Å². The molecule has 1 saturated heterocycles. The van der Waals surface area contributed by atoms with Gasteiger partial charge in [-0.25, -0.2) is 0 Å². The normalized spacial score (nSPS) is 20.8. The van der Waals surface area contributed by atoms with Gasteiger partial charge in [-0.3, -0.25) is 4.90 Å². The largest absolute Gasteiger partial charge is 0.490 e. The lowest BCUT2D eigenvalue weighted by Crippen LogP contribution is -2.40. The Labute approximate surface area is 152 Å². The van der Waals surface area contributed by atoms with E-state index in [0.29, 0.717) is 13.2 Å². The van der Waals surface area contributed by atoms with Crippen molar-refractivity contribution in [3.8, 4) is 11.5 Å². The maximum atomic E-state index is 5.79. The summed E-state index contributed by atoms with van der Waals surface area (Å²) < 4.78 is 11.5. The topological polar surface area (TPSA) is 33.7 Å². The van der Waals surface area contributed by atoms with Gasteiger partial charge >= 0.3 is 0 Å². The maximum Gasteiger partial charge on any atom is 0.161 e. The fourth-order valence-electron chi connectivity index (χ4n) is 3.76. The lowest BCUT2D eigenvalue weighted by atomic mass is 9.95. The second-order valence-electron chi connectivity index (χ2n) is 6.63. The van der Waals surface area contributed by atoms with Crippen molar-refractivity contribution in [2.75, 3.05) is 39.4 Å². The Hall–Kier alpha value is -0.970. The molecule has 1 aromatic carbocycles. The van der Waals surface area contributed by atoms with Gasteiger partial charge < -0.3 is 14.8 Å². The Morgan fingerprint density at radius 3 is 2.46 bits per heavy atom. The van der Waals surface area contributed by atoms with Crippen LogP contribution in [0.3, 0.4) is 0 Å². The van der Waals surface area contributed by atoms with E-state index in [2.05, 4.69) is 22.3 Å². The molecule has 24 heavy (non-hydrogen) atoms. The van der Waals surface area contributed by atoms with Crippen LogP contribution in [-0.4, -0.2) is 44.3 Å². The summed E-state index contributed by atoms with van der Waals surface area (Å²) in [7, 11) is 0. The Balaban J connectivity index is 0.00000208. The van der Waals surface area contributed by atoms with Crippen molar-refractivity contribution in [2.24, 2.45) is 5.92 Å². The van der Waals surface area contributed by atoms with Gasteiger partial charge in [-0.15, -0.1) is 12.4 Å². The number of piperidine rings is 1. The van der Waals surface area contributed by atoms with Gasteiger partial charge in [-0.1, -0.05) is 0 Å². The molecule has 3 rings (SSSR count). The van der Waals surface area contributed by atoms with Crippen molar-refractivity contribution < 1.29 is 9.47 Å². The van der Waals surface area contributed by atoms with E-state index in [-0.39, 0.29) is 12.4 Å². The molecular weight excluding hydrogens is 324 g/mol. The van der Waals surface area contributed by atoms with Crippen molar-refractivity contribution >= 4 is 12.4 Å². The molecule has 5 heteroatoms. The van der Waals surface area contributed by atoms with Gasteiger partial charge in [0, 0.05) is 19.6 Å². The highest BCUT2D eigenvalue weighted by Gasteiger charge is 2.23. The van der Waals surface area contributed by atoms with E-state index in [1.807, 2.05) is 13.8 Å². The third-order valence-corrected chi connectivity index (χ3v) is 4.87. The number of nitrogens with one attached hydrogen (secondary N) is 1. The molecule has 0 saturated carbocycles. The fourth-order valence-corrected chi connectivity index (χ4v) is 3.76. The van der Waals surface area contributed by atoms with E-state index in [1.54, 1.807) is 0 Å². The smallest absolute Gasteiger partial charge is 0.161 e. The molecule has 1 unspecified atom stereocenters. The molecule has 1 fully saturated rings. The van der Waals surface area contributed by atoms with Crippen LogP contribution in [0.5, 0.6) is 11.5 Å². The zero-order valence-electron chi connectivity index (χ0n) is 15.0. The summed E-state index contributed by atoms with van der Waals surface area (Å²) in [4.78, 5) is 2.61. The number of rotatable bonds is 6. The Bertz CT molecular complexity index is 518. The summed E-state index contributed by atoms with van der Waals surface area (Å²) in [5, 5.41) is 3.53. The maximum absolute atomic E-state index is 5.79. The Kier molecular flexibility index (Phi) is 7.66. The van der Waals surface area contributed by atoms with E-state index < -0.39 is 0 Å². The van der Waals surface area contributed by atoms with Crippen LogP contribution >= 0.6 is 12.4 Å². The minimum Gasteiger partial charge on any atom is -0.490 e. The molecule has 0 aliphatic carbocycles. The number of nitrogens with zero attached hydrogens (tertiary/aromatic N) is 1. The predicted molar refractivity (Wildman–Crippen MR) is 101 cm³/mol. The first kappa shape index (κ1) is 19.4. The lowest BCUT2D eigenvalue weighted by Gasteiger charge is -2.34. The van der Waals surface area contributed by atoms with Gasteiger partial charge in [0.2, 0.25) is 0 Å². The number of fused-ring (bicyclic) bond motifs is 1. The summed E-state index contributed by atoms with van der Waals surface area (Å²) in [5.41, 5.74) is 2.84. The number of ether oxygens (including phenoxy) is 2. The quantitative estimate of drug-likeness (QED) is 0.850. The van der Waals surface area contributed by atoms with Gasteiger partial charge in [-0.05, 0) is 75.4 Å². The molecule has 0 radical (unpaired) electrons. The third-order valence-electron chi connectivity index (χ3n) is 4.87. The minimum atomic E-state index is 0. The van der Waals surface area contributed by atoms with E-state index in [0.717, 1.165) is 36.9 Å². The molecule has 0 amide bonds. The van der Waals surface area contributed by atoms with Gasteiger partial charge in [0.1, 0.15) is 0 Å². The Morgan fingerprint density at radius 1 is 1.12 bits per heavy atom. The van der Waals surface area contributed by atoms with Crippen molar-refractivity contribution in [3.63, 3.8) is 0 Å². The molecule has 1 atom stereocenters. The third kappa shape index (κ3) is 4.78. The van der Waals surface area contributed by atoms with Crippen molar-refractivity contribution in [1.29, 1.82) is 0 Å². The predicted octanol–water partition coefficient (Wildman–Crippen LogP) is 3.26. The van der Waals surface area contributed by atoms with E-state index in [9.17, 15) is 0 Å². The molecule has 0 spiro atoms. The summed E-state index contributed by atoms with van der Waals surface area (Å²) in [5.74, 6) is 2.60. The molecule has 4 nitrogen and oxygen atoms in total. The van der Waals surface area contributed by atoms with Crippen LogP contribution in [0, 0.1) is 5.92 Å². The SMILES string of the molecule is CCOc1cc2c(cc1OCC)CN(CC1CCCNC1)CC2.Cl. The molecule has 1 aromatic rings. The minimum absolute atomic E-state index is 0. The molecule has 136 valence electrons. The lowest BCUT2D eigenvalue weighted by molar-refractivity contribution is 0.193. The van der Waals surface area contributed by atoms with Gasteiger partial charge in [0.25, 0.3) is 0 Å². The average molecular weight is 355 g/mol. The first-order valence-corrected chi connectivity index (χ1v) is 9.14. The molecule has 2 heterocycles. The van der Waals surface area contributed by atoms with Crippen LogP contribution in [0.1, 0.15) is 37.8 Å².